The number of nitrogen functional groups attached to an aromatic ring is 1. The fourth-order valence-corrected chi connectivity index (χ4v) is 4.13. The largest absolute Gasteiger partial charge is 0.395 e. The van der Waals surface area contributed by atoms with Crippen LogP contribution in [0.3, 0.4) is 0 Å². The monoisotopic (exact) mass is 286 g/mol. The molecule has 0 spiro atoms. The summed E-state index contributed by atoms with van der Waals surface area (Å²) < 4.78 is 40.6. The number of para-hydroxylation sites is 1. The summed E-state index contributed by atoms with van der Waals surface area (Å²) in [4.78, 5) is -0.185. The second kappa shape index (κ2) is 4.76. The molecule has 106 valence electrons. The molecule has 0 saturated heterocycles. The lowest BCUT2D eigenvalue weighted by Gasteiger charge is -2.27. The van der Waals surface area contributed by atoms with Gasteiger partial charge < -0.3 is 5.73 Å². The summed E-state index contributed by atoms with van der Waals surface area (Å²) in [6.45, 7) is 4.06. The average Bonchev–Trinajstić information content (AvgIpc) is 2.61. The molecule has 1 aliphatic rings. The summed E-state index contributed by atoms with van der Waals surface area (Å²) in [6, 6.07) is 3.68. The molecule has 0 aliphatic heterocycles. The molecular weight excluding hydrogens is 267 g/mol. The zero-order chi connectivity index (χ0) is 14.3. The van der Waals surface area contributed by atoms with Gasteiger partial charge in [0.1, 0.15) is 10.7 Å². The third kappa shape index (κ3) is 2.74. The second-order valence-electron chi connectivity index (χ2n) is 5.71. The minimum atomic E-state index is -3.78. The van der Waals surface area contributed by atoms with E-state index in [0.717, 1.165) is 25.3 Å². The number of rotatable bonds is 3. The molecule has 1 fully saturated rings. The molecule has 1 aromatic carbocycles. The van der Waals surface area contributed by atoms with Crippen LogP contribution in [-0.4, -0.2) is 14.5 Å². The average molecular weight is 286 g/mol. The van der Waals surface area contributed by atoms with Crippen molar-refractivity contribution in [1.82, 2.24) is 4.72 Å². The maximum absolute atomic E-state index is 13.4. The van der Waals surface area contributed by atoms with Gasteiger partial charge in [0, 0.05) is 6.04 Å². The van der Waals surface area contributed by atoms with Gasteiger partial charge in [-0.15, -0.1) is 0 Å². The van der Waals surface area contributed by atoms with E-state index in [1.807, 2.05) is 13.8 Å². The topological polar surface area (TPSA) is 72.2 Å². The highest BCUT2D eigenvalue weighted by molar-refractivity contribution is 7.89. The molecule has 0 radical (unpaired) electrons. The third-order valence-corrected chi connectivity index (χ3v) is 5.39. The van der Waals surface area contributed by atoms with E-state index >= 15 is 0 Å². The highest BCUT2D eigenvalue weighted by Crippen LogP contribution is 2.38. The Morgan fingerprint density at radius 3 is 2.68 bits per heavy atom. The maximum Gasteiger partial charge on any atom is 0.242 e. The van der Waals surface area contributed by atoms with E-state index in [1.54, 1.807) is 0 Å². The summed E-state index contributed by atoms with van der Waals surface area (Å²) in [5.74, 6) is -0.714. The molecule has 0 bridgehead atoms. The maximum atomic E-state index is 13.4. The number of benzene rings is 1. The molecule has 0 heterocycles. The van der Waals surface area contributed by atoms with Crippen LogP contribution in [0, 0.1) is 11.2 Å². The SMILES string of the molecule is CC1(C)CCCC1NS(=O)(=O)c1cccc(F)c1N. The standard InChI is InChI=1S/C13H19FN2O2S/c1-13(2)8-4-7-11(13)16-19(17,18)10-6-3-5-9(14)12(10)15/h3,5-6,11,16H,4,7-8,15H2,1-2H3. The van der Waals surface area contributed by atoms with Crippen molar-refractivity contribution in [1.29, 1.82) is 0 Å². The van der Waals surface area contributed by atoms with Crippen molar-refractivity contribution < 1.29 is 12.8 Å². The van der Waals surface area contributed by atoms with Crippen LogP contribution in [0.15, 0.2) is 23.1 Å². The van der Waals surface area contributed by atoms with E-state index < -0.39 is 15.8 Å². The highest BCUT2D eigenvalue weighted by Gasteiger charge is 2.37. The lowest BCUT2D eigenvalue weighted by Crippen LogP contribution is -2.41. The third-order valence-electron chi connectivity index (χ3n) is 3.86. The van der Waals surface area contributed by atoms with Crippen LogP contribution in [0.5, 0.6) is 0 Å². The summed E-state index contributed by atoms with van der Waals surface area (Å²) in [7, 11) is -3.78. The van der Waals surface area contributed by atoms with Crippen molar-refractivity contribution in [2.75, 3.05) is 5.73 Å². The highest BCUT2D eigenvalue weighted by atomic mass is 32.2. The van der Waals surface area contributed by atoms with Gasteiger partial charge in [-0.25, -0.2) is 17.5 Å². The van der Waals surface area contributed by atoms with Gasteiger partial charge in [-0.2, -0.15) is 0 Å². The van der Waals surface area contributed by atoms with Crippen molar-refractivity contribution in [3.05, 3.63) is 24.0 Å². The first-order valence-corrected chi connectivity index (χ1v) is 7.79. The minimum absolute atomic E-state index is 0.0881. The second-order valence-corrected chi connectivity index (χ2v) is 7.39. The molecule has 19 heavy (non-hydrogen) atoms. The first kappa shape index (κ1) is 14.3. The minimum Gasteiger partial charge on any atom is -0.395 e. The van der Waals surface area contributed by atoms with E-state index in [2.05, 4.69) is 4.72 Å². The van der Waals surface area contributed by atoms with Gasteiger partial charge >= 0.3 is 0 Å². The molecule has 0 aromatic heterocycles. The smallest absolute Gasteiger partial charge is 0.242 e. The van der Waals surface area contributed by atoms with Crippen LogP contribution in [0.1, 0.15) is 33.1 Å². The van der Waals surface area contributed by atoms with E-state index in [0.29, 0.717) is 0 Å². The molecule has 4 nitrogen and oxygen atoms in total. The Morgan fingerprint density at radius 2 is 2.11 bits per heavy atom. The van der Waals surface area contributed by atoms with Gasteiger partial charge in [0.25, 0.3) is 0 Å². The van der Waals surface area contributed by atoms with Crippen molar-refractivity contribution in [3.8, 4) is 0 Å². The Balaban J connectivity index is 2.31. The molecule has 3 N–H and O–H groups in total. The molecule has 0 amide bonds. The van der Waals surface area contributed by atoms with E-state index in [1.165, 1.54) is 12.1 Å². The van der Waals surface area contributed by atoms with E-state index in [9.17, 15) is 12.8 Å². The summed E-state index contributed by atoms with van der Waals surface area (Å²) >= 11 is 0. The molecule has 1 aliphatic carbocycles. The van der Waals surface area contributed by atoms with Crippen LogP contribution >= 0.6 is 0 Å². The normalized spacial score (nSPS) is 22.6. The Bertz CT molecular complexity index is 584. The van der Waals surface area contributed by atoms with Gasteiger partial charge in [0.15, 0.2) is 0 Å². The molecule has 6 heteroatoms. The lowest BCUT2D eigenvalue weighted by atomic mass is 9.88. The van der Waals surface area contributed by atoms with Crippen molar-refractivity contribution in [2.45, 2.75) is 44.0 Å². The first-order valence-electron chi connectivity index (χ1n) is 6.30. The summed E-state index contributed by atoms with van der Waals surface area (Å²) in [5, 5.41) is 0. The van der Waals surface area contributed by atoms with Gasteiger partial charge in [0.05, 0.1) is 5.69 Å². The predicted molar refractivity (Wildman–Crippen MR) is 72.6 cm³/mol. The fourth-order valence-electron chi connectivity index (χ4n) is 2.55. The number of nitrogens with two attached hydrogens (primary N) is 1. The van der Waals surface area contributed by atoms with Crippen molar-refractivity contribution in [2.24, 2.45) is 5.41 Å². The quantitative estimate of drug-likeness (QED) is 0.837. The number of hydrogen-bond donors (Lipinski definition) is 2. The van der Waals surface area contributed by atoms with Crippen LogP contribution in [-0.2, 0) is 10.0 Å². The summed E-state index contributed by atoms with van der Waals surface area (Å²) in [5.41, 5.74) is 5.10. The Labute approximate surface area is 113 Å². The number of nitrogens with one attached hydrogen (secondary N) is 1. The molecule has 1 unspecified atom stereocenters. The van der Waals surface area contributed by atoms with Gasteiger partial charge in [-0.1, -0.05) is 26.3 Å². The van der Waals surface area contributed by atoms with Gasteiger partial charge in [-0.3, -0.25) is 0 Å². The van der Waals surface area contributed by atoms with Crippen molar-refractivity contribution >= 4 is 15.7 Å². The van der Waals surface area contributed by atoms with Crippen LogP contribution in [0.4, 0.5) is 10.1 Å². The Kier molecular flexibility index (Phi) is 3.57. The van der Waals surface area contributed by atoms with Crippen LogP contribution in [0.25, 0.3) is 0 Å². The number of halogens is 1. The van der Waals surface area contributed by atoms with E-state index in [-0.39, 0.29) is 22.0 Å². The zero-order valence-electron chi connectivity index (χ0n) is 11.1. The number of anilines is 1. The number of hydrogen-bond acceptors (Lipinski definition) is 3. The zero-order valence-corrected chi connectivity index (χ0v) is 11.9. The molecular formula is C13H19FN2O2S. The molecule has 1 atom stereocenters. The van der Waals surface area contributed by atoms with Gasteiger partial charge in [-0.05, 0) is 30.4 Å². The molecule has 1 aromatic rings. The predicted octanol–water partition coefficient (Wildman–Crippen LogP) is 2.26. The van der Waals surface area contributed by atoms with E-state index in [4.69, 9.17) is 5.73 Å². The molecule has 1 saturated carbocycles. The van der Waals surface area contributed by atoms with Crippen molar-refractivity contribution in [3.63, 3.8) is 0 Å². The van der Waals surface area contributed by atoms with Crippen LogP contribution in [0.2, 0.25) is 0 Å². The fraction of sp³-hybridized carbons (Fsp3) is 0.538. The Hall–Kier alpha value is -1.14. The summed E-state index contributed by atoms with van der Waals surface area (Å²) in [6.07, 6.45) is 2.75. The molecule has 2 rings (SSSR count). The first-order chi connectivity index (χ1) is 8.74. The van der Waals surface area contributed by atoms with Gasteiger partial charge in [0.2, 0.25) is 10.0 Å². The lowest BCUT2D eigenvalue weighted by molar-refractivity contribution is 0.313. The Morgan fingerprint density at radius 1 is 1.42 bits per heavy atom. The number of sulfonamides is 1. The van der Waals surface area contributed by atoms with Crippen LogP contribution < -0.4 is 10.5 Å².